The Hall–Kier alpha value is -0.700. The lowest BCUT2D eigenvalue weighted by Gasteiger charge is -1.99. The van der Waals surface area contributed by atoms with Crippen LogP contribution in [0.2, 0.25) is 0 Å². The Labute approximate surface area is 64.2 Å². The second kappa shape index (κ2) is 3.46. The van der Waals surface area contributed by atoms with Crippen molar-refractivity contribution in [2.45, 2.75) is 5.88 Å². The van der Waals surface area contributed by atoms with Gasteiger partial charge in [0.2, 0.25) is 0 Å². The van der Waals surface area contributed by atoms with Gasteiger partial charge in [-0.05, 0) is 18.4 Å². The van der Waals surface area contributed by atoms with Gasteiger partial charge in [-0.15, -0.1) is 11.8 Å². The number of hydrogen-bond acceptors (Lipinski definition) is 2. The number of hydrogen-bond donors (Lipinski definition) is 0. The molecule has 0 saturated carbocycles. The van der Waals surface area contributed by atoms with E-state index in [1.165, 1.54) is 0 Å². The SMILES string of the molecule is CSCn1cccc1C=O. The fourth-order valence-corrected chi connectivity index (χ4v) is 1.30. The first-order chi connectivity index (χ1) is 4.88. The average Bonchev–Trinajstić information content (AvgIpc) is 2.36. The average molecular weight is 155 g/mol. The maximum absolute atomic E-state index is 10.3. The summed E-state index contributed by atoms with van der Waals surface area (Å²) >= 11 is 1.69. The first-order valence-corrected chi connectivity index (χ1v) is 4.37. The van der Waals surface area contributed by atoms with Crippen LogP contribution in [-0.4, -0.2) is 17.1 Å². The molecule has 0 aliphatic rings. The zero-order valence-electron chi connectivity index (χ0n) is 5.78. The summed E-state index contributed by atoms with van der Waals surface area (Å²) in [6.45, 7) is 0. The fraction of sp³-hybridized carbons (Fsp3) is 0.286. The van der Waals surface area contributed by atoms with Crippen molar-refractivity contribution in [3.63, 3.8) is 0 Å². The highest BCUT2D eigenvalue weighted by atomic mass is 32.2. The molecule has 0 aliphatic carbocycles. The summed E-state index contributed by atoms with van der Waals surface area (Å²) in [7, 11) is 0. The van der Waals surface area contributed by atoms with Gasteiger partial charge in [0.05, 0.1) is 11.6 Å². The Morgan fingerprint density at radius 2 is 2.60 bits per heavy atom. The molecule has 3 heteroatoms. The Kier molecular flexibility index (Phi) is 2.57. The number of carbonyl (C=O) groups excluding carboxylic acids is 1. The van der Waals surface area contributed by atoms with E-state index < -0.39 is 0 Å². The van der Waals surface area contributed by atoms with Crippen molar-refractivity contribution in [2.24, 2.45) is 0 Å². The van der Waals surface area contributed by atoms with Crippen LogP contribution in [0.25, 0.3) is 0 Å². The van der Waals surface area contributed by atoms with Gasteiger partial charge in [-0.2, -0.15) is 0 Å². The van der Waals surface area contributed by atoms with Crippen molar-refractivity contribution in [3.8, 4) is 0 Å². The van der Waals surface area contributed by atoms with Crippen molar-refractivity contribution in [1.29, 1.82) is 0 Å². The van der Waals surface area contributed by atoms with Gasteiger partial charge in [0.15, 0.2) is 6.29 Å². The zero-order valence-corrected chi connectivity index (χ0v) is 6.60. The van der Waals surface area contributed by atoms with E-state index in [2.05, 4.69) is 0 Å². The van der Waals surface area contributed by atoms with Crippen molar-refractivity contribution < 1.29 is 4.79 Å². The Bertz CT molecular complexity index is 219. The minimum atomic E-state index is 0.745. The monoisotopic (exact) mass is 155 g/mol. The van der Waals surface area contributed by atoms with E-state index in [0.29, 0.717) is 0 Å². The van der Waals surface area contributed by atoms with Crippen molar-refractivity contribution >= 4 is 18.0 Å². The molecule has 0 N–H and O–H groups in total. The Morgan fingerprint density at radius 3 is 3.20 bits per heavy atom. The molecule has 10 heavy (non-hydrogen) atoms. The molecule has 0 bridgehead atoms. The summed E-state index contributed by atoms with van der Waals surface area (Å²) < 4.78 is 1.91. The normalized spacial score (nSPS) is 9.70. The quantitative estimate of drug-likeness (QED) is 0.619. The number of aldehydes is 1. The molecule has 1 aromatic rings. The summed E-state index contributed by atoms with van der Waals surface area (Å²) in [4.78, 5) is 10.3. The van der Waals surface area contributed by atoms with E-state index in [1.807, 2.05) is 29.2 Å². The Morgan fingerprint density at radius 1 is 1.80 bits per heavy atom. The number of carbonyl (C=O) groups is 1. The number of aromatic nitrogens is 1. The van der Waals surface area contributed by atoms with E-state index >= 15 is 0 Å². The van der Waals surface area contributed by atoms with Crippen LogP contribution in [-0.2, 0) is 5.88 Å². The molecule has 0 aromatic carbocycles. The van der Waals surface area contributed by atoms with Gasteiger partial charge in [0.1, 0.15) is 0 Å². The van der Waals surface area contributed by atoms with Crippen LogP contribution in [0.1, 0.15) is 10.5 Å². The third-order valence-corrected chi connectivity index (χ3v) is 1.79. The van der Waals surface area contributed by atoms with Crippen molar-refractivity contribution in [1.82, 2.24) is 4.57 Å². The lowest BCUT2D eigenvalue weighted by molar-refractivity contribution is 0.111. The first kappa shape index (κ1) is 7.41. The van der Waals surface area contributed by atoms with Crippen LogP contribution >= 0.6 is 11.8 Å². The van der Waals surface area contributed by atoms with Crippen LogP contribution in [0.15, 0.2) is 18.3 Å². The van der Waals surface area contributed by atoms with Gasteiger partial charge in [-0.25, -0.2) is 0 Å². The second-order valence-corrected chi connectivity index (χ2v) is 2.77. The number of thioether (sulfide) groups is 1. The van der Waals surface area contributed by atoms with Crippen molar-refractivity contribution in [2.75, 3.05) is 6.26 Å². The van der Waals surface area contributed by atoms with E-state index in [4.69, 9.17) is 0 Å². The van der Waals surface area contributed by atoms with Crippen LogP contribution < -0.4 is 0 Å². The molecular weight excluding hydrogens is 146 g/mol. The highest BCUT2D eigenvalue weighted by Gasteiger charge is 1.95. The number of rotatable bonds is 3. The van der Waals surface area contributed by atoms with Gasteiger partial charge in [-0.1, -0.05) is 0 Å². The molecule has 54 valence electrons. The maximum Gasteiger partial charge on any atom is 0.166 e. The summed E-state index contributed by atoms with van der Waals surface area (Å²) in [5, 5.41) is 0. The molecule has 1 rings (SSSR count). The van der Waals surface area contributed by atoms with Gasteiger partial charge < -0.3 is 4.57 Å². The van der Waals surface area contributed by atoms with Gasteiger partial charge in [0.25, 0.3) is 0 Å². The zero-order chi connectivity index (χ0) is 7.40. The molecule has 0 unspecified atom stereocenters. The topological polar surface area (TPSA) is 22.0 Å². The summed E-state index contributed by atoms with van der Waals surface area (Å²) in [5.74, 6) is 0.848. The van der Waals surface area contributed by atoms with Crippen LogP contribution in [0.5, 0.6) is 0 Å². The smallest absolute Gasteiger partial charge is 0.166 e. The van der Waals surface area contributed by atoms with Gasteiger partial charge in [0, 0.05) is 6.20 Å². The molecule has 0 radical (unpaired) electrons. The highest BCUT2D eigenvalue weighted by Crippen LogP contribution is 2.04. The standard InChI is InChI=1S/C7H9NOS/c1-10-6-8-4-2-3-7(8)5-9/h2-5H,6H2,1H3. The predicted molar refractivity (Wildman–Crippen MR) is 43.3 cm³/mol. The Balaban J connectivity index is 2.79. The molecule has 0 amide bonds. The molecule has 0 saturated heterocycles. The molecule has 0 aliphatic heterocycles. The van der Waals surface area contributed by atoms with E-state index in [1.54, 1.807) is 11.8 Å². The predicted octanol–water partition coefficient (Wildman–Crippen LogP) is 1.62. The summed E-state index contributed by atoms with van der Waals surface area (Å²) in [6, 6.07) is 3.68. The van der Waals surface area contributed by atoms with E-state index in [0.717, 1.165) is 17.9 Å². The van der Waals surface area contributed by atoms with Gasteiger partial charge in [-0.3, -0.25) is 4.79 Å². The largest absolute Gasteiger partial charge is 0.336 e. The van der Waals surface area contributed by atoms with Crippen LogP contribution in [0, 0.1) is 0 Å². The van der Waals surface area contributed by atoms with Crippen LogP contribution in [0.3, 0.4) is 0 Å². The molecular formula is C7H9NOS. The minimum Gasteiger partial charge on any atom is -0.336 e. The lowest BCUT2D eigenvalue weighted by atomic mass is 10.5. The van der Waals surface area contributed by atoms with Gasteiger partial charge >= 0.3 is 0 Å². The number of nitrogens with zero attached hydrogens (tertiary/aromatic N) is 1. The molecule has 2 nitrogen and oxygen atoms in total. The third kappa shape index (κ3) is 1.42. The summed E-state index contributed by atoms with van der Waals surface area (Å²) in [5.41, 5.74) is 0.745. The van der Waals surface area contributed by atoms with E-state index in [-0.39, 0.29) is 0 Å². The molecule has 1 heterocycles. The molecule has 1 aromatic heterocycles. The van der Waals surface area contributed by atoms with Crippen LogP contribution in [0.4, 0.5) is 0 Å². The molecule has 0 fully saturated rings. The third-order valence-electron chi connectivity index (χ3n) is 1.25. The fourth-order valence-electron chi connectivity index (χ4n) is 0.791. The maximum atomic E-state index is 10.3. The lowest BCUT2D eigenvalue weighted by Crippen LogP contribution is -1.96. The summed E-state index contributed by atoms with van der Waals surface area (Å²) in [6.07, 6.45) is 4.78. The first-order valence-electron chi connectivity index (χ1n) is 2.97. The molecule has 0 spiro atoms. The second-order valence-electron chi connectivity index (χ2n) is 1.94. The van der Waals surface area contributed by atoms with Crippen molar-refractivity contribution in [3.05, 3.63) is 24.0 Å². The highest BCUT2D eigenvalue weighted by molar-refractivity contribution is 7.97. The minimum absolute atomic E-state index is 0.745. The van der Waals surface area contributed by atoms with E-state index in [9.17, 15) is 4.79 Å². The molecule has 0 atom stereocenters.